The molecule has 0 saturated heterocycles. The van der Waals surface area contributed by atoms with Crippen molar-refractivity contribution in [1.29, 1.82) is 0 Å². The first-order chi connectivity index (χ1) is 9.89. The second-order valence-electron chi connectivity index (χ2n) is 8.25. The highest BCUT2D eigenvalue weighted by molar-refractivity contribution is 9.10. The molecule has 2 aliphatic rings. The predicted molar refractivity (Wildman–Crippen MR) is 98.7 cm³/mol. The van der Waals surface area contributed by atoms with E-state index < -0.39 is 8.32 Å². The van der Waals surface area contributed by atoms with Crippen molar-refractivity contribution in [3.63, 3.8) is 0 Å². The van der Waals surface area contributed by atoms with E-state index in [9.17, 15) is 0 Å². The quantitative estimate of drug-likeness (QED) is 0.253. The summed E-state index contributed by atoms with van der Waals surface area (Å²) < 4.78 is 7.00. The van der Waals surface area contributed by atoms with Gasteiger partial charge in [-0.3, -0.25) is 0 Å². The lowest BCUT2D eigenvalue weighted by atomic mass is 10.0. The number of alkyl halides is 1. The molecule has 3 atom stereocenters. The Morgan fingerprint density at radius 1 is 1.05 bits per heavy atom. The third-order valence-corrected chi connectivity index (χ3v) is 8.03. The van der Waals surface area contributed by atoms with Crippen LogP contribution in [-0.2, 0) is 4.43 Å². The zero-order valence-electron chi connectivity index (χ0n) is 14.6. The number of halogens is 1. The lowest BCUT2D eigenvalue weighted by Crippen LogP contribution is -2.39. The summed E-state index contributed by atoms with van der Waals surface area (Å²) in [6, 6.07) is 0. The van der Waals surface area contributed by atoms with Crippen LogP contribution >= 0.6 is 15.9 Å². The first-order valence-corrected chi connectivity index (χ1v) is 13.5. The monoisotopic (exact) mass is 374 g/mol. The van der Waals surface area contributed by atoms with Gasteiger partial charge in [-0.15, -0.1) is 0 Å². The van der Waals surface area contributed by atoms with E-state index in [2.05, 4.69) is 42.5 Å². The van der Waals surface area contributed by atoms with Crippen LogP contribution in [0.4, 0.5) is 0 Å². The highest BCUT2D eigenvalue weighted by Gasteiger charge is 2.67. The lowest BCUT2D eigenvalue weighted by Gasteiger charge is -2.31. The maximum absolute atomic E-state index is 6.66. The topological polar surface area (TPSA) is 9.23 Å². The van der Waals surface area contributed by atoms with Gasteiger partial charge in [-0.2, -0.15) is 0 Å². The number of unbranched alkanes of at least 4 members (excludes halogenated alkanes) is 4. The van der Waals surface area contributed by atoms with Crippen molar-refractivity contribution in [2.45, 2.75) is 101 Å². The summed E-state index contributed by atoms with van der Waals surface area (Å²) >= 11 is 4.18. The van der Waals surface area contributed by atoms with Gasteiger partial charge in [0.1, 0.15) is 0 Å². The Morgan fingerprint density at radius 3 is 2.14 bits per heavy atom. The Balaban J connectivity index is 1.90. The summed E-state index contributed by atoms with van der Waals surface area (Å²) in [6.45, 7) is 9.33. The van der Waals surface area contributed by atoms with Crippen LogP contribution in [0.5, 0.6) is 0 Å². The smallest absolute Gasteiger partial charge is 0.184 e. The summed E-state index contributed by atoms with van der Waals surface area (Å²) in [7, 11) is -1.46. The molecule has 0 spiro atoms. The van der Waals surface area contributed by atoms with E-state index in [1.165, 1.54) is 64.2 Å². The van der Waals surface area contributed by atoms with Crippen LogP contribution in [0.15, 0.2) is 0 Å². The minimum atomic E-state index is -1.46. The molecule has 0 heterocycles. The Bertz CT molecular complexity index is 314. The number of hydrogen-bond donors (Lipinski definition) is 0. The number of rotatable bonds is 9. The second kappa shape index (κ2) is 7.48. The van der Waals surface area contributed by atoms with E-state index in [0.717, 1.165) is 11.8 Å². The predicted octanol–water partition coefficient (Wildman–Crippen LogP) is 6.52. The normalized spacial score (nSPS) is 33.6. The zero-order chi connectivity index (χ0) is 15.5. The molecule has 21 heavy (non-hydrogen) atoms. The standard InChI is InChI=1S/C18H35BrOSi/c1-5-6-7-8-9-14-17(20-21(2,3)4)18(19)15-12-10-11-13-16(15)18/h15-17H,5-14H2,1-4H3. The van der Waals surface area contributed by atoms with E-state index in [-0.39, 0.29) is 0 Å². The highest BCUT2D eigenvalue weighted by Crippen LogP contribution is 2.67. The molecule has 0 aromatic heterocycles. The molecule has 3 heteroatoms. The summed E-state index contributed by atoms with van der Waals surface area (Å²) in [4.78, 5) is 0. The third-order valence-electron chi connectivity index (χ3n) is 5.35. The van der Waals surface area contributed by atoms with Crippen molar-refractivity contribution in [2.75, 3.05) is 0 Å². The second-order valence-corrected chi connectivity index (χ2v) is 14.1. The first-order valence-electron chi connectivity index (χ1n) is 9.26. The molecule has 0 aromatic rings. The molecule has 0 aromatic carbocycles. The van der Waals surface area contributed by atoms with E-state index in [1.54, 1.807) is 0 Å². The van der Waals surface area contributed by atoms with E-state index in [1.807, 2.05) is 0 Å². The molecule has 0 radical (unpaired) electrons. The van der Waals surface area contributed by atoms with Gasteiger partial charge < -0.3 is 4.43 Å². The fourth-order valence-corrected chi connectivity index (χ4v) is 6.93. The van der Waals surface area contributed by atoms with Gasteiger partial charge >= 0.3 is 0 Å². The zero-order valence-corrected chi connectivity index (χ0v) is 17.2. The van der Waals surface area contributed by atoms with Gasteiger partial charge in [0.25, 0.3) is 0 Å². The first kappa shape index (κ1) is 18.0. The van der Waals surface area contributed by atoms with E-state index in [4.69, 9.17) is 4.43 Å². The molecule has 2 aliphatic carbocycles. The average molecular weight is 375 g/mol. The Hall–Kier alpha value is 0.657. The summed E-state index contributed by atoms with van der Waals surface area (Å²) in [6.07, 6.45) is 14.3. The number of hydrogen-bond acceptors (Lipinski definition) is 1. The van der Waals surface area contributed by atoms with Crippen molar-refractivity contribution in [2.24, 2.45) is 11.8 Å². The summed E-state index contributed by atoms with van der Waals surface area (Å²) in [5.74, 6) is 1.81. The molecule has 2 rings (SSSR count). The fraction of sp³-hybridized carbons (Fsp3) is 1.00. The van der Waals surface area contributed by atoms with E-state index >= 15 is 0 Å². The minimum Gasteiger partial charge on any atom is -0.413 e. The lowest BCUT2D eigenvalue weighted by molar-refractivity contribution is 0.162. The van der Waals surface area contributed by atoms with E-state index in [0.29, 0.717) is 10.4 Å². The van der Waals surface area contributed by atoms with Crippen LogP contribution in [0.25, 0.3) is 0 Å². The molecular formula is C18H35BrOSi. The van der Waals surface area contributed by atoms with Crippen LogP contribution in [0.1, 0.15) is 71.1 Å². The molecule has 0 aliphatic heterocycles. The van der Waals surface area contributed by atoms with Crippen LogP contribution in [0.2, 0.25) is 19.6 Å². The molecule has 124 valence electrons. The van der Waals surface area contributed by atoms with Gasteiger partial charge in [-0.05, 0) is 50.7 Å². The number of fused-ring (bicyclic) bond motifs is 1. The molecule has 0 bridgehead atoms. The summed E-state index contributed by atoms with van der Waals surface area (Å²) in [5.41, 5.74) is 0. The fourth-order valence-electron chi connectivity index (χ4n) is 4.31. The van der Waals surface area contributed by atoms with Gasteiger partial charge in [0.2, 0.25) is 0 Å². The van der Waals surface area contributed by atoms with Gasteiger partial charge in [-0.25, -0.2) is 0 Å². The average Bonchev–Trinajstić information content (AvgIpc) is 3.04. The van der Waals surface area contributed by atoms with Gasteiger partial charge in [0, 0.05) is 0 Å². The Labute approximate surface area is 141 Å². The highest BCUT2D eigenvalue weighted by atomic mass is 79.9. The molecule has 1 nitrogen and oxygen atoms in total. The van der Waals surface area contributed by atoms with Crippen molar-refractivity contribution < 1.29 is 4.43 Å². The molecule has 2 saturated carbocycles. The van der Waals surface area contributed by atoms with Crippen LogP contribution in [0.3, 0.4) is 0 Å². The van der Waals surface area contributed by atoms with Gasteiger partial charge in [-0.1, -0.05) is 67.8 Å². The molecule has 0 amide bonds. The Morgan fingerprint density at radius 2 is 1.62 bits per heavy atom. The van der Waals surface area contributed by atoms with Gasteiger partial charge in [0.15, 0.2) is 8.32 Å². The van der Waals surface area contributed by atoms with Crippen molar-refractivity contribution >= 4 is 24.2 Å². The van der Waals surface area contributed by atoms with Crippen molar-refractivity contribution in [3.8, 4) is 0 Å². The minimum absolute atomic E-state index is 0.342. The summed E-state index contributed by atoms with van der Waals surface area (Å²) in [5, 5.41) is 0. The molecule has 2 fully saturated rings. The van der Waals surface area contributed by atoms with Gasteiger partial charge in [0.05, 0.1) is 10.4 Å². The van der Waals surface area contributed by atoms with Crippen molar-refractivity contribution in [3.05, 3.63) is 0 Å². The molecule has 3 unspecified atom stereocenters. The van der Waals surface area contributed by atoms with Crippen LogP contribution < -0.4 is 0 Å². The Kier molecular flexibility index (Phi) is 6.42. The van der Waals surface area contributed by atoms with Crippen LogP contribution in [0, 0.1) is 11.8 Å². The maximum atomic E-state index is 6.66. The largest absolute Gasteiger partial charge is 0.413 e. The van der Waals surface area contributed by atoms with Crippen molar-refractivity contribution in [1.82, 2.24) is 0 Å². The molecule has 0 N–H and O–H groups in total. The molecular weight excluding hydrogens is 340 g/mol. The SMILES string of the molecule is CCCCCCCC(O[Si](C)(C)C)C1(Br)C2CCCCC21. The third kappa shape index (κ3) is 4.57. The van der Waals surface area contributed by atoms with Crippen LogP contribution in [-0.4, -0.2) is 18.7 Å². The maximum Gasteiger partial charge on any atom is 0.184 e.